The van der Waals surface area contributed by atoms with Crippen molar-refractivity contribution < 1.29 is 18.7 Å². The summed E-state index contributed by atoms with van der Waals surface area (Å²) in [6.45, 7) is 3.25. The van der Waals surface area contributed by atoms with Crippen LogP contribution in [0, 0.1) is 5.82 Å². The number of esters is 1. The zero-order chi connectivity index (χ0) is 18.9. The maximum Gasteiger partial charge on any atom is 0.303 e. The third-order valence-corrected chi connectivity index (χ3v) is 5.30. The molecule has 0 radical (unpaired) electrons. The lowest BCUT2D eigenvalue weighted by molar-refractivity contribution is -0.149. The molecule has 0 spiro atoms. The first-order chi connectivity index (χ1) is 12.4. The highest BCUT2D eigenvalue weighted by molar-refractivity contribution is 7.98. The van der Waals surface area contributed by atoms with Crippen molar-refractivity contribution in [3.63, 3.8) is 0 Å². The molecule has 0 aliphatic heterocycles. The summed E-state index contributed by atoms with van der Waals surface area (Å²) in [5, 5.41) is 0. The Morgan fingerprint density at radius 2 is 1.96 bits per heavy atom. The van der Waals surface area contributed by atoms with Crippen molar-refractivity contribution in [2.24, 2.45) is 0 Å². The number of carbonyl (C=O) groups is 1. The van der Waals surface area contributed by atoms with Gasteiger partial charge >= 0.3 is 5.97 Å². The minimum atomic E-state index is -0.842. The molecule has 136 valence electrons. The van der Waals surface area contributed by atoms with Crippen LogP contribution in [0.1, 0.15) is 30.5 Å². The van der Waals surface area contributed by atoms with Gasteiger partial charge in [0.15, 0.2) is 11.6 Å². The van der Waals surface area contributed by atoms with Crippen LogP contribution in [0.5, 0.6) is 5.75 Å². The molecule has 0 N–H and O–H groups in total. The molecule has 0 aromatic heterocycles. The van der Waals surface area contributed by atoms with Crippen LogP contribution < -0.4 is 4.74 Å². The van der Waals surface area contributed by atoms with E-state index >= 15 is 0 Å². The lowest BCUT2D eigenvalue weighted by Gasteiger charge is -2.26. The lowest BCUT2D eigenvalue weighted by atomic mass is 9.94. The van der Waals surface area contributed by atoms with E-state index in [1.54, 1.807) is 17.8 Å². The van der Waals surface area contributed by atoms with Gasteiger partial charge in [-0.05, 0) is 60.2 Å². The van der Waals surface area contributed by atoms with Crippen LogP contribution in [0.4, 0.5) is 4.39 Å². The van der Waals surface area contributed by atoms with Gasteiger partial charge in [-0.3, -0.25) is 4.79 Å². The summed E-state index contributed by atoms with van der Waals surface area (Å²) in [4.78, 5) is 12.8. The van der Waals surface area contributed by atoms with E-state index in [2.05, 4.69) is 0 Å². The van der Waals surface area contributed by atoms with Gasteiger partial charge in [0, 0.05) is 23.8 Å². The van der Waals surface area contributed by atoms with Crippen molar-refractivity contribution >= 4 is 29.4 Å². The van der Waals surface area contributed by atoms with Gasteiger partial charge in [-0.1, -0.05) is 12.1 Å². The Balaban J connectivity index is 2.12. The van der Waals surface area contributed by atoms with Crippen LogP contribution in [-0.2, 0) is 16.0 Å². The molecule has 1 unspecified atom stereocenters. The fourth-order valence-electron chi connectivity index (χ4n) is 3.40. The first-order valence-electron chi connectivity index (χ1n) is 8.29. The fraction of sp³-hybridized carbons (Fsp3) is 0.286. The zero-order valence-corrected chi connectivity index (χ0v) is 16.1. The predicted octanol–water partition coefficient (Wildman–Crippen LogP) is 4.97. The van der Waals surface area contributed by atoms with Crippen LogP contribution in [0.2, 0.25) is 0 Å². The maximum atomic E-state index is 14.3. The van der Waals surface area contributed by atoms with E-state index in [9.17, 15) is 9.18 Å². The molecule has 0 heterocycles. The number of ether oxygens (including phenoxy) is 2. The van der Waals surface area contributed by atoms with E-state index < -0.39 is 11.4 Å². The molecule has 3 nitrogen and oxygen atoms in total. The van der Waals surface area contributed by atoms with E-state index in [1.165, 1.54) is 20.1 Å². The molecule has 1 atom stereocenters. The molecule has 0 bridgehead atoms. The number of rotatable bonds is 4. The molecule has 2 aromatic carbocycles. The summed E-state index contributed by atoms with van der Waals surface area (Å²) in [5.74, 6) is -0.599. The summed E-state index contributed by atoms with van der Waals surface area (Å²) in [6.07, 6.45) is 4.46. The number of hydrogen-bond acceptors (Lipinski definition) is 4. The summed E-state index contributed by atoms with van der Waals surface area (Å²) >= 11 is 1.67. The van der Waals surface area contributed by atoms with Crippen molar-refractivity contribution in [1.82, 2.24) is 0 Å². The molecular weight excluding hydrogens is 351 g/mol. The van der Waals surface area contributed by atoms with Gasteiger partial charge in [0.1, 0.15) is 5.60 Å². The zero-order valence-electron chi connectivity index (χ0n) is 15.3. The Labute approximate surface area is 157 Å². The van der Waals surface area contributed by atoms with E-state index in [0.29, 0.717) is 6.42 Å². The average molecular weight is 372 g/mol. The maximum absolute atomic E-state index is 14.3. The smallest absolute Gasteiger partial charge is 0.303 e. The highest BCUT2D eigenvalue weighted by atomic mass is 32.2. The van der Waals surface area contributed by atoms with Crippen LogP contribution in [-0.4, -0.2) is 24.9 Å². The summed E-state index contributed by atoms with van der Waals surface area (Å²) in [5.41, 5.74) is 2.58. The largest absolute Gasteiger partial charge is 0.494 e. The summed E-state index contributed by atoms with van der Waals surface area (Å²) in [6, 6.07) is 11.2. The van der Waals surface area contributed by atoms with Crippen molar-refractivity contribution in [2.45, 2.75) is 30.8 Å². The monoisotopic (exact) mass is 372 g/mol. The molecule has 1 aliphatic rings. The minimum Gasteiger partial charge on any atom is -0.494 e. The molecule has 1 aliphatic carbocycles. The lowest BCUT2D eigenvalue weighted by Crippen LogP contribution is -2.30. The number of methoxy groups -OCH3 is 1. The second-order valence-electron chi connectivity index (χ2n) is 6.48. The van der Waals surface area contributed by atoms with Crippen LogP contribution in [0.25, 0.3) is 11.6 Å². The number of halogens is 1. The average Bonchev–Trinajstić information content (AvgIpc) is 2.85. The van der Waals surface area contributed by atoms with Crippen LogP contribution in [0.15, 0.2) is 41.3 Å². The quantitative estimate of drug-likeness (QED) is 0.560. The highest BCUT2D eigenvalue weighted by Crippen LogP contribution is 2.45. The van der Waals surface area contributed by atoms with Crippen molar-refractivity contribution in [2.75, 3.05) is 13.4 Å². The number of thioether (sulfide) groups is 1. The van der Waals surface area contributed by atoms with E-state index in [0.717, 1.165) is 27.2 Å². The van der Waals surface area contributed by atoms with Gasteiger partial charge in [-0.15, -0.1) is 11.8 Å². The van der Waals surface area contributed by atoms with Crippen LogP contribution >= 0.6 is 11.8 Å². The number of hydrogen-bond donors (Lipinski definition) is 0. The third-order valence-electron chi connectivity index (χ3n) is 4.56. The van der Waals surface area contributed by atoms with Gasteiger partial charge in [0.05, 0.1) is 7.11 Å². The minimum absolute atomic E-state index is 0.194. The first-order valence-corrected chi connectivity index (χ1v) is 9.51. The Morgan fingerprint density at radius 3 is 2.54 bits per heavy atom. The van der Waals surface area contributed by atoms with Gasteiger partial charge in [-0.25, -0.2) is 4.39 Å². The normalized spacial score (nSPS) is 20.1. The molecule has 0 saturated carbocycles. The fourth-order valence-corrected chi connectivity index (χ4v) is 3.81. The van der Waals surface area contributed by atoms with E-state index in [-0.39, 0.29) is 11.7 Å². The second-order valence-corrected chi connectivity index (χ2v) is 7.36. The molecule has 0 fully saturated rings. The summed E-state index contributed by atoms with van der Waals surface area (Å²) in [7, 11) is 1.44. The van der Waals surface area contributed by atoms with Gasteiger partial charge < -0.3 is 9.47 Å². The van der Waals surface area contributed by atoms with Crippen molar-refractivity contribution in [1.29, 1.82) is 0 Å². The van der Waals surface area contributed by atoms with Gasteiger partial charge in [0.2, 0.25) is 0 Å². The predicted molar refractivity (Wildman–Crippen MR) is 103 cm³/mol. The topological polar surface area (TPSA) is 35.5 Å². The Bertz CT molecular complexity index is 874. The second kappa shape index (κ2) is 7.16. The Kier molecular flexibility index (Phi) is 5.10. The van der Waals surface area contributed by atoms with E-state index in [4.69, 9.17) is 9.47 Å². The SMILES string of the molecule is COc1cc2c(cc1F)C(=Cc1ccc(SC)cc1)C(C)(OC(C)=O)C2. The Morgan fingerprint density at radius 1 is 1.27 bits per heavy atom. The molecule has 3 rings (SSSR count). The molecule has 26 heavy (non-hydrogen) atoms. The molecule has 2 aromatic rings. The molecule has 5 heteroatoms. The number of carbonyl (C=O) groups excluding carboxylic acids is 1. The van der Waals surface area contributed by atoms with E-state index in [1.807, 2.05) is 43.5 Å². The third kappa shape index (κ3) is 3.49. The molecule has 0 amide bonds. The van der Waals surface area contributed by atoms with Gasteiger partial charge in [-0.2, -0.15) is 0 Å². The highest BCUT2D eigenvalue weighted by Gasteiger charge is 2.41. The van der Waals surface area contributed by atoms with Gasteiger partial charge in [0.25, 0.3) is 0 Å². The van der Waals surface area contributed by atoms with Crippen molar-refractivity contribution in [3.8, 4) is 5.75 Å². The van der Waals surface area contributed by atoms with Crippen molar-refractivity contribution in [3.05, 3.63) is 58.9 Å². The number of benzene rings is 2. The number of fused-ring (bicyclic) bond motifs is 1. The molecule has 0 saturated heterocycles. The van der Waals surface area contributed by atoms with Crippen LogP contribution in [0.3, 0.4) is 0 Å². The Hall–Kier alpha value is -2.27. The standard InChI is InChI=1S/C21H21FO3S/c1-13(23)25-21(2)12-15-10-20(24-3)19(22)11-17(15)18(21)9-14-5-7-16(26-4)8-6-14/h5-11H,12H2,1-4H3. The first kappa shape index (κ1) is 18.5. The summed E-state index contributed by atoms with van der Waals surface area (Å²) < 4.78 is 25.1. The molecular formula is C21H21FO3S.